The fourth-order valence-corrected chi connectivity index (χ4v) is 2.71. The maximum absolute atomic E-state index is 12.1. The molecule has 0 aromatic carbocycles. The first-order valence-corrected chi connectivity index (χ1v) is 6.74. The Morgan fingerprint density at radius 3 is 2.41 bits per heavy atom. The van der Waals surface area contributed by atoms with E-state index in [1.54, 1.807) is 0 Å². The van der Waals surface area contributed by atoms with Gasteiger partial charge in [-0.05, 0) is 5.92 Å². The van der Waals surface area contributed by atoms with E-state index in [-0.39, 0.29) is 0 Å². The lowest BCUT2D eigenvalue weighted by atomic mass is 9.92. The summed E-state index contributed by atoms with van der Waals surface area (Å²) in [5.74, 6) is 0.946. The Balaban J connectivity index is 1.75. The Labute approximate surface area is 104 Å². The summed E-state index contributed by atoms with van der Waals surface area (Å²) in [5, 5.41) is 0. The molecule has 4 heteroatoms. The van der Waals surface area contributed by atoms with Crippen molar-refractivity contribution in [2.24, 2.45) is 5.92 Å². The van der Waals surface area contributed by atoms with Gasteiger partial charge in [-0.25, -0.2) is 0 Å². The lowest BCUT2D eigenvalue weighted by Gasteiger charge is -2.37. The zero-order valence-electron chi connectivity index (χ0n) is 11.2. The largest absolute Gasteiger partial charge is 0.378 e. The van der Waals surface area contributed by atoms with Crippen LogP contribution in [0, 0.1) is 5.92 Å². The smallest absolute Gasteiger partial charge is 0.223 e. The summed E-state index contributed by atoms with van der Waals surface area (Å²) < 4.78 is 6.38. The number of nitrogens with zero attached hydrogens (tertiary/aromatic N) is 2. The van der Waals surface area contributed by atoms with Crippen LogP contribution in [0.1, 0.15) is 19.3 Å². The number of rotatable bonds is 2. The molecule has 0 aromatic heterocycles. The molecule has 0 radical (unpaired) electrons. The SMILES string of the molecule is C[N+]1(C)CCC(CC(=O)N2CCOCC2)CC1. The molecule has 2 rings (SSSR count). The molecule has 0 N–H and O–H groups in total. The van der Waals surface area contributed by atoms with E-state index in [0.717, 1.165) is 24.0 Å². The molecule has 2 saturated heterocycles. The van der Waals surface area contributed by atoms with Crippen molar-refractivity contribution in [2.45, 2.75) is 19.3 Å². The summed E-state index contributed by atoms with van der Waals surface area (Å²) in [6, 6.07) is 0. The van der Waals surface area contributed by atoms with Crippen molar-refractivity contribution in [2.75, 3.05) is 53.5 Å². The van der Waals surface area contributed by atoms with Gasteiger partial charge in [0.05, 0.1) is 40.4 Å². The molecule has 2 heterocycles. The lowest BCUT2D eigenvalue weighted by molar-refractivity contribution is -0.896. The topological polar surface area (TPSA) is 29.5 Å². The van der Waals surface area contributed by atoms with Crippen LogP contribution in [0.3, 0.4) is 0 Å². The second-order valence-corrected chi connectivity index (χ2v) is 6.02. The van der Waals surface area contributed by atoms with Crippen molar-refractivity contribution in [3.05, 3.63) is 0 Å². The van der Waals surface area contributed by atoms with Crippen LogP contribution < -0.4 is 0 Å². The van der Waals surface area contributed by atoms with Crippen LogP contribution in [0.15, 0.2) is 0 Å². The van der Waals surface area contributed by atoms with E-state index in [2.05, 4.69) is 14.1 Å². The van der Waals surface area contributed by atoms with Crippen molar-refractivity contribution in [3.63, 3.8) is 0 Å². The molecule has 0 bridgehead atoms. The highest BCUT2D eigenvalue weighted by atomic mass is 16.5. The van der Waals surface area contributed by atoms with E-state index >= 15 is 0 Å². The van der Waals surface area contributed by atoms with Gasteiger partial charge in [0.2, 0.25) is 5.91 Å². The van der Waals surface area contributed by atoms with Gasteiger partial charge in [0.1, 0.15) is 0 Å². The van der Waals surface area contributed by atoms with Gasteiger partial charge in [-0.2, -0.15) is 0 Å². The zero-order chi connectivity index (χ0) is 12.3. The van der Waals surface area contributed by atoms with E-state index in [1.807, 2.05) is 4.90 Å². The van der Waals surface area contributed by atoms with Crippen LogP contribution in [0.5, 0.6) is 0 Å². The highest BCUT2D eigenvalue weighted by molar-refractivity contribution is 5.76. The Morgan fingerprint density at radius 2 is 1.82 bits per heavy atom. The van der Waals surface area contributed by atoms with E-state index in [9.17, 15) is 4.79 Å². The minimum atomic E-state index is 0.338. The average molecular weight is 241 g/mol. The van der Waals surface area contributed by atoms with Gasteiger partial charge in [-0.1, -0.05) is 0 Å². The quantitative estimate of drug-likeness (QED) is 0.667. The monoisotopic (exact) mass is 241 g/mol. The number of morpholine rings is 1. The van der Waals surface area contributed by atoms with Crippen molar-refractivity contribution in [1.29, 1.82) is 0 Å². The molecule has 4 nitrogen and oxygen atoms in total. The second-order valence-electron chi connectivity index (χ2n) is 6.02. The van der Waals surface area contributed by atoms with Gasteiger partial charge in [-0.3, -0.25) is 4.79 Å². The van der Waals surface area contributed by atoms with E-state index in [4.69, 9.17) is 4.74 Å². The minimum absolute atomic E-state index is 0.338. The predicted molar refractivity (Wildman–Crippen MR) is 66.6 cm³/mol. The summed E-state index contributed by atoms with van der Waals surface area (Å²) >= 11 is 0. The third-order valence-corrected chi connectivity index (χ3v) is 4.11. The second kappa shape index (κ2) is 5.36. The third-order valence-electron chi connectivity index (χ3n) is 4.11. The maximum atomic E-state index is 12.1. The summed E-state index contributed by atoms with van der Waals surface area (Å²) in [6.07, 6.45) is 3.14. The molecule has 17 heavy (non-hydrogen) atoms. The van der Waals surface area contributed by atoms with E-state index < -0.39 is 0 Å². The van der Waals surface area contributed by atoms with Gasteiger partial charge in [0.15, 0.2) is 0 Å². The Bertz CT molecular complexity index is 263. The van der Waals surface area contributed by atoms with E-state index in [1.165, 1.54) is 25.9 Å². The number of quaternary nitrogens is 1. The fraction of sp³-hybridized carbons (Fsp3) is 0.923. The van der Waals surface area contributed by atoms with Crippen LogP contribution in [-0.4, -0.2) is 68.8 Å². The van der Waals surface area contributed by atoms with Gasteiger partial charge in [0, 0.05) is 32.4 Å². The van der Waals surface area contributed by atoms with Gasteiger partial charge in [-0.15, -0.1) is 0 Å². The fourth-order valence-electron chi connectivity index (χ4n) is 2.71. The number of ether oxygens (including phenoxy) is 1. The molecule has 1 amide bonds. The normalized spacial score (nSPS) is 25.9. The molecule has 0 unspecified atom stereocenters. The molecule has 0 aromatic rings. The summed E-state index contributed by atoms with van der Waals surface area (Å²) in [5.41, 5.74) is 0. The first kappa shape index (κ1) is 12.8. The highest BCUT2D eigenvalue weighted by Gasteiger charge is 2.29. The van der Waals surface area contributed by atoms with Crippen molar-refractivity contribution in [1.82, 2.24) is 4.90 Å². The lowest BCUT2D eigenvalue weighted by Crippen LogP contribution is -2.47. The number of piperidine rings is 1. The number of likely N-dealkylation sites (tertiary alicyclic amines) is 1. The summed E-state index contributed by atoms with van der Waals surface area (Å²) in [4.78, 5) is 14.1. The Hall–Kier alpha value is -0.610. The van der Waals surface area contributed by atoms with Crippen LogP contribution in [0.25, 0.3) is 0 Å². The molecule has 2 aliphatic heterocycles. The third kappa shape index (κ3) is 3.68. The Kier molecular flexibility index (Phi) is 4.05. The number of carbonyl (C=O) groups is 1. The summed E-state index contributed by atoms with van der Waals surface area (Å²) in [6.45, 7) is 5.41. The molecule has 2 fully saturated rings. The molecular weight excluding hydrogens is 216 g/mol. The van der Waals surface area contributed by atoms with Gasteiger partial charge < -0.3 is 14.1 Å². The summed E-state index contributed by atoms with van der Waals surface area (Å²) in [7, 11) is 4.56. The van der Waals surface area contributed by atoms with Crippen molar-refractivity contribution in [3.8, 4) is 0 Å². The Morgan fingerprint density at radius 1 is 1.24 bits per heavy atom. The average Bonchev–Trinajstić information content (AvgIpc) is 2.33. The standard InChI is InChI=1S/C13H25N2O2/c1-15(2)7-3-12(4-8-15)11-13(16)14-5-9-17-10-6-14/h12H,3-11H2,1-2H3/q+1. The van der Waals surface area contributed by atoms with Crippen LogP contribution in [-0.2, 0) is 9.53 Å². The molecule has 2 aliphatic rings. The first-order chi connectivity index (χ1) is 8.07. The van der Waals surface area contributed by atoms with Crippen LogP contribution in [0.4, 0.5) is 0 Å². The van der Waals surface area contributed by atoms with Gasteiger partial charge >= 0.3 is 0 Å². The zero-order valence-corrected chi connectivity index (χ0v) is 11.2. The molecule has 0 aliphatic carbocycles. The number of hydrogen-bond donors (Lipinski definition) is 0. The first-order valence-electron chi connectivity index (χ1n) is 6.74. The molecule has 98 valence electrons. The molecule has 0 saturated carbocycles. The van der Waals surface area contributed by atoms with E-state index in [0.29, 0.717) is 25.0 Å². The molecule has 0 atom stereocenters. The molecular formula is C13H25N2O2+. The minimum Gasteiger partial charge on any atom is -0.378 e. The van der Waals surface area contributed by atoms with Crippen molar-refractivity contribution >= 4 is 5.91 Å². The van der Waals surface area contributed by atoms with Crippen LogP contribution >= 0.6 is 0 Å². The number of hydrogen-bond acceptors (Lipinski definition) is 2. The maximum Gasteiger partial charge on any atom is 0.223 e. The van der Waals surface area contributed by atoms with Crippen molar-refractivity contribution < 1.29 is 14.0 Å². The van der Waals surface area contributed by atoms with Crippen LogP contribution in [0.2, 0.25) is 0 Å². The number of amides is 1. The molecule has 0 spiro atoms. The predicted octanol–water partition coefficient (Wildman–Crippen LogP) is 0.722. The highest BCUT2D eigenvalue weighted by Crippen LogP contribution is 2.23. The van der Waals surface area contributed by atoms with Gasteiger partial charge in [0.25, 0.3) is 0 Å². The number of carbonyl (C=O) groups excluding carboxylic acids is 1.